The maximum Gasteiger partial charge on any atom is 0.212 e. The summed E-state index contributed by atoms with van der Waals surface area (Å²) in [5.74, 6) is 0. The van der Waals surface area contributed by atoms with Gasteiger partial charge in [0.15, 0.2) is 12.2 Å². The molecule has 0 radical (unpaired) electrons. The highest BCUT2D eigenvalue weighted by Crippen LogP contribution is 2.18. The van der Waals surface area contributed by atoms with Gasteiger partial charge in [0.1, 0.15) is 0 Å². The first-order valence-electron chi connectivity index (χ1n) is 8.92. The van der Waals surface area contributed by atoms with Crippen LogP contribution in [0, 0.1) is 10.2 Å². The molecule has 5 nitrogen and oxygen atoms in total. The van der Waals surface area contributed by atoms with Crippen LogP contribution in [0.2, 0.25) is 0 Å². The third-order valence-corrected chi connectivity index (χ3v) is 4.30. The predicted molar refractivity (Wildman–Crippen MR) is 93.1 cm³/mol. The van der Waals surface area contributed by atoms with Crippen LogP contribution in [0.3, 0.4) is 0 Å². The number of aryl methyl sites for hydroxylation is 1. The lowest BCUT2D eigenvalue weighted by atomic mass is 10.0. The van der Waals surface area contributed by atoms with E-state index in [9.17, 15) is 0 Å². The second-order valence-corrected chi connectivity index (χ2v) is 6.98. The molecular weight excluding hydrogens is 366 g/mol. The largest absolute Gasteiger partial charge is 0.222 e. The Morgan fingerprint density at radius 1 is 0.852 bits per heavy atom. The molecule has 0 fully saturated rings. The second kappa shape index (κ2) is 9.78. The van der Waals surface area contributed by atoms with Crippen molar-refractivity contribution in [1.82, 2.24) is 0 Å². The lowest BCUT2D eigenvalue weighted by Crippen LogP contribution is -2.68. The minimum atomic E-state index is -4.94. The van der Waals surface area contributed by atoms with Crippen molar-refractivity contribution in [3.05, 3.63) is 77.5 Å². The second-order valence-electron chi connectivity index (χ2n) is 6.23. The molecule has 0 aliphatic carbocycles. The highest BCUT2D eigenvalue weighted by Gasteiger charge is 2.19. The maximum atomic E-state index is 8.49. The van der Waals surface area contributed by atoms with Gasteiger partial charge in [0.25, 0.3) is 0 Å². The summed E-state index contributed by atoms with van der Waals surface area (Å²) in [6.07, 6.45) is 3.41. The molecule has 2 aromatic carbocycles. The fraction of sp³-hybridized carbons (Fsp3) is 0.286. The van der Waals surface area contributed by atoms with Crippen LogP contribution in [0.5, 0.6) is 0 Å². The van der Waals surface area contributed by atoms with Gasteiger partial charge in [0, 0.05) is 29.0 Å². The van der Waals surface area contributed by atoms with Crippen LogP contribution in [0.4, 0.5) is 0 Å². The lowest BCUT2D eigenvalue weighted by Gasteiger charge is -2.17. The highest BCUT2D eigenvalue weighted by atomic mass is 35.7. The Bertz CT molecular complexity index is 857. The molecule has 0 atom stereocenters. The van der Waals surface area contributed by atoms with Gasteiger partial charge in [-0.05, 0) is 25.0 Å². The monoisotopic (exact) mass is 389 g/mol. The molecule has 1 heterocycles. The maximum absolute atomic E-state index is 8.49. The number of nitrogens with zero attached hydrogens (tertiary/aromatic N) is 1. The van der Waals surface area contributed by atoms with E-state index < -0.39 is 10.2 Å². The van der Waals surface area contributed by atoms with Crippen LogP contribution >= 0.6 is 0 Å². The number of rotatable bonds is 5. The number of pyridine rings is 1. The molecule has 0 N–H and O–H groups in total. The van der Waals surface area contributed by atoms with Gasteiger partial charge < -0.3 is 0 Å². The van der Waals surface area contributed by atoms with Crippen molar-refractivity contribution >= 4 is 10.9 Å². The molecule has 6 heteroatoms. The van der Waals surface area contributed by atoms with E-state index >= 15 is 0 Å². The quantitative estimate of drug-likeness (QED) is 0.571. The summed E-state index contributed by atoms with van der Waals surface area (Å²) in [6.45, 7) is 5.47. The number of halogens is 1. The predicted octanol–water partition coefficient (Wildman–Crippen LogP) is -0.0655. The van der Waals surface area contributed by atoms with Crippen LogP contribution in [0.25, 0.3) is 10.9 Å². The van der Waals surface area contributed by atoms with Crippen molar-refractivity contribution in [3.8, 4) is 0 Å². The number of hydrogen-bond acceptors (Lipinski definition) is 4. The summed E-state index contributed by atoms with van der Waals surface area (Å²) in [5, 5.41) is 1.34. The normalized spacial score (nSPS) is 11.2. The van der Waals surface area contributed by atoms with Gasteiger partial charge in [-0.2, -0.15) is 4.57 Å². The molecule has 3 rings (SSSR count). The van der Waals surface area contributed by atoms with Crippen LogP contribution in [-0.2, 0) is 19.4 Å². The Labute approximate surface area is 161 Å². The SMILES string of the molecule is CCCc1c(CC)cc2ccccc2[n+]1Cc1ccccc1.[O-][Cl+3]([O-])([O-])[O-]. The Morgan fingerprint density at radius 3 is 2.04 bits per heavy atom. The summed E-state index contributed by atoms with van der Waals surface area (Å²) in [5.41, 5.74) is 5.68. The molecule has 0 aliphatic rings. The average Bonchev–Trinajstić information content (AvgIpc) is 2.63. The molecule has 0 aliphatic heterocycles. The first kappa shape index (κ1) is 21.3. The first-order chi connectivity index (χ1) is 12.8. The zero-order chi connectivity index (χ0) is 19.9. The third kappa shape index (κ3) is 6.57. The van der Waals surface area contributed by atoms with Crippen LogP contribution in [0.1, 0.15) is 37.1 Å². The average molecular weight is 390 g/mol. The highest BCUT2D eigenvalue weighted by molar-refractivity contribution is 5.76. The zero-order valence-corrected chi connectivity index (χ0v) is 16.3. The molecule has 0 bridgehead atoms. The van der Waals surface area contributed by atoms with Crippen molar-refractivity contribution in [2.24, 2.45) is 0 Å². The number of hydrogen-bond donors (Lipinski definition) is 0. The standard InChI is InChI=1S/C21H24N.ClHO4/c1-3-10-20-18(4-2)15-19-13-8-9-14-21(19)22(20)16-17-11-6-5-7-12-17;2-1(3,4)5/h5-9,11-15H,3-4,10,16H2,1-2H3;(H,2,3,4,5)/q+1;/p-1. The number of benzene rings is 2. The van der Waals surface area contributed by atoms with E-state index in [-0.39, 0.29) is 0 Å². The van der Waals surface area contributed by atoms with Gasteiger partial charge in [0.05, 0.1) is 0 Å². The van der Waals surface area contributed by atoms with Crippen LogP contribution in [0.15, 0.2) is 60.7 Å². The molecule has 144 valence electrons. The van der Waals surface area contributed by atoms with Gasteiger partial charge in [-0.25, -0.2) is 18.6 Å². The Morgan fingerprint density at radius 2 is 1.44 bits per heavy atom. The minimum absolute atomic E-state index is 0.949. The van der Waals surface area contributed by atoms with E-state index in [1.807, 2.05) is 0 Å². The summed E-state index contributed by atoms with van der Waals surface area (Å²) in [4.78, 5) is 0. The van der Waals surface area contributed by atoms with Crippen molar-refractivity contribution in [3.63, 3.8) is 0 Å². The third-order valence-electron chi connectivity index (χ3n) is 4.30. The van der Waals surface area contributed by atoms with Crippen molar-refractivity contribution < 1.29 is 33.4 Å². The molecule has 0 saturated heterocycles. The van der Waals surface area contributed by atoms with E-state index in [1.165, 1.54) is 34.1 Å². The fourth-order valence-corrected chi connectivity index (χ4v) is 3.23. The van der Waals surface area contributed by atoms with E-state index in [0.717, 1.165) is 19.4 Å². The molecule has 1 aromatic heterocycles. The van der Waals surface area contributed by atoms with E-state index in [1.54, 1.807) is 0 Å². The smallest absolute Gasteiger partial charge is 0.212 e. The van der Waals surface area contributed by atoms with Gasteiger partial charge in [-0.1, -0.05) is 56.3 Å². The Balaban J connectivity index is 0.000000465. The Hall–Kier alpha value is -2.02. The van der Waals surface area contributed by atoms with Crippen molar-refractivity contribution in [2.45, 2.75) is 39.7 Å². The van der Waals surface area contributed by atoms with E-state index in [4.69, 9.17) is 18.6 Å². The van der Waals surface area contributed by atoms with Gasteiger partial charge in [-0.15, -0.1) is 10.2 Å². The van der Waals surface area contributed by atoms with Crippen molar-refractivity contribution in [1.29, 1.82) is 0 Å². The van der Waals surface area contributed by atoms with E-state index in [0.29, 0.717) is 0 Å². The lowest BCUT2D eigenvalue weighted by molar-refractivity contribution is -2.00. The molecule has 27 heavy (non-hydrogen) atoms. The molecule has 0 spiro atoms. The minimum Gasteiger partial charge on any atom is -0.222 e. The summed E-state index contributed by atoms with van der Waals surface area (Å²) in [6, 6.07) is 21.9. The number of aromatic nitrogens is 1. The molecule has 3 aromatic rings. The van der Waals surface area contributed by atoms with Gasteiger partial charge in [0.2, 0.25) is 5.52 Å². The van der Waals surface area contributed by atoms with Crippen molar-refractivity contribution in [2.75, 3.05) is 0 Å². The Kier molecular flexibility index (Phi) is 7.71. The fourth-order valence-electron chi connectivity index (χ4n) is 3.23. The van der Waals surface area contributed by atoms with Gasteiger partial charge >= 0.3 is 0 Å². The summed E-state index contributed by atoms with van der Waals surface area (Å²) >= 11 is 0. The molecular formula is C21H24ClNO4. The van der Waals surface area contributed by atoms with E-state index in [2.05, 4.69) is 79.1 Å². The van der Waals surface area contributed by atoms with Gasteiger partial charge in [-0.3, -0.25) is 0 Å². The number of para-hydroxylation sites is 1. The van der Waals surface area contributed by atoms with Crippen LogP contribution < -0.4 is 23.2 Å². The first-order valence-corrected chi connectivity index (χ1v) is 10.2. The number of fused-ring (bicyclic) bond motifs is 1. The molecule has 0 unspecified atom stereocenters. The zero-order valence-electron chi connectivity index (χ0n) is 15.6. The molecule has 0 saturated carbocycles. The topological polar surface area (TPSA) is 96.1 Å². The van der Waals surface area contributed by atoms with Crippen LogP contribution in [-0.4, -0.2) is 0 Å². The summed E-state index contributed by atoms with van der Waals surface area (Å²) in [7, 11) is -4.94. The summed E-state index contributed by atoms with van der Waals surface area (Å²) < 4.78 is 36.5. The molecule has 0 amide bonds.